The largest absolute Gasteiger partial charge is 0.573 e. The van der Waals surface area contributed by atoms with Crippen molar-refractivity contribution < 1.29 is 22.4 Å². The number of ether oxygens (including phenoxy) is 1. The molecule has 2 aromatic heterocycles. The van der Waals surface area contributed by atoms with Crippen molar-refractivity contribution >= 4 is 5.95 Å². The Hall–Kier alpha value is -3.18. The van der Waals surface area contributed by atoms with Gasteiger partial charge in [0.1, 0.15) is 11.4 Å². The molecule has 0 aliphatic carbocycles. The molecule has 0 bridgehead atoms. The van der Waals surface area contributed by atoms with Crippen molar-refractivity contribution in [3.63, 3.8) is 0 Å². The minimum atomic E-state index is -4.71. The van der Waals surface area contributed by atoms with Crippen molar-refractivity contribution in [3.05, 3.63) is 54.6 Å². The van der Waals surface area contributed by atoms with Gasteiger partial charge in [-0.2, -0.15) is 0 Å². The second-order valence-electron chi connectivity index (χ2n) is 8.35. The van der Waals surface area contributed by atoms with Gasteiger partial charge in [0.2, 0.25) is 5.95 Å². The number of nitrogens with zero attached hydrogens (tertiary/aromatic N) is 6. The number of anilines is 1. The van der Waals surface area contributed by atoms with Crippen LogP contribution in [0.2, 0.25) is 0 Å². The molecule has 0 radical (unpaired) electrons. The second kappa shape index (κ2) is 11.5. The van der Waals surface area contributed by atoms with E-state index in [1.54, 1.807) is 12.4 Å². The molecule has 0 unspecified atom stereocenters. The number of alkyl halides is 3. The Bertz CT molecular complexity index is 1040. The fourth-order valence-electron chi connectivity index (χ4n) is 4.06. The molecule has 0 N–H and O–H groups in total. The molecular formula is C24H29F3N6O2. The lowest BCUT2D eigenvalue weighted by Crippen LogP contribution is -2.47. The summed E-state index contributed by atoms with van der Waals surface area (Å²) in [4.78, 5) is 15.6. The zero-order chi connectivity index (χ0) is 24.7. The zero-order valence-corrected chi connectivity index (χ0v) is 19.6. The molecule has 4 rings (SSSR count). The van der Waals surface area contributed by atoms with Gasteiger partial charge in [0, 0.05) is 50.2 Å². The summed E-state index contributed by atoms with van der Waals surface area (Å²) in [6.07, 6.45) is -0.126. The number of hydrogen-bond acceptors (Lipinski definition) is 8. The van der Waals surface area contributed by atoms with E-state index < -0.39 is 6.36 Å². The second-order valence-corrected chi connectivity index (χ2v) is 8.35. The summed E-state index contributed by atoms with van der Waals surface area (Å²) in [6, 6.07) is 9.25. The molecule has 3 heterocycles. The lowest BCUT2D eigenvalue weighted by molar-refractivity contribution is -0.274. The fraction of sp³-hybridized carbons (Fsp3) is 0.458. The third-order valence-corrected chi connectivity index (χ3v) is 5.93. The molecule has 8 nitrogen and oxygen atoms in total. The fourth-order valence-corrected chi connectivity index (χ4v) is 4.06. The molecule has 0 spiro atoms. The van der Waals surface area contributed by atoms with E-state index in [1.807, 2.05) is 12.1 Å². The van der Waals surface area contributed by atoms with E-state index in [4.69, 9.17) is 4.52 Å². The number of benzene rings is 1. The summed E-state index contributed by atoms with van der Waals surface area (Å²) in [6.45, 7) is 9.38. The highest BCUT2D eigenvalue weighted by Gasteiger charge is 2.31. The van der Waals surface area contributed by atoms with Crippen LogP contribution in [0.25, 0.3) is 11.3 Å². The molecular weight excluding hydrogens is 461 g/mol. The Morgan fingerprint density at radius 2 is 1.77 bits per heavy atom. The highest BCUT2D eigenvalue weighted by molar-refractivity contribution is 5.59. The molecule has 0 atom stereocenters. The Labute approximate surface area is 202 Å². The van der Waals surface area contributed by atoms with Gasteiger partial charge in [-0.05, 0) is 56.4 Å². The third-order valence-electron chi connectivity index (χ3n) is 5.93. The molecule has 0 saturated carbocycles. The van der Waals surface area contributed by atoms with Gasteiger partial charge in [0.15, 0.2) is 5.76 Å². The highest BCUT2D eigenvalue weighted by atomic mass is 19.4. The van der Waals surface area contributed by atoms with Crippen LogP contribution < -0.4 is 9.64 Å². The van der Waals surface area contributed by atoms with Gasteiger partial charge in [0.25, 0.3) is 0 Å². The lowest BCUT2D eigenvalue weighted by Gasteiger charge is -2.35. The predicted octanol–water partition coefficient (Wildman–Crippen LogP) is 4.06. The summed E-state index contributed by atoms with van der Waals surface area (Å²) in [5.74, 6) is 1.24. The average Bonchev–Trinajstić information content (AvgIpc) is 3.32. The van der Waals surface area contributed by atoms with Gasteiger partial charge in [-0.15, -0.1) is 13.2 Å². The maximum absolute atomic E-state index is 12.3. The van der Waals surface area contributed by atoms with Gasteiger partial charge in [0.05, 0.1) is 6.54 Å². The minimum Gasteiger partial charge on any atom is -0.406 e. The Morgan fingerprint density at radius 1 is 1.06 bits per heavy atom. The molecule has 1 aromatic carbocycles. The molecule has 1 fully saturated rings. The van der Waals surface area contributed by atoms with E-state index in [-0.39, 0.29) is 5.75 Å². The number of aromatic nitrogens is 3. The monoisotopic (exact) mass is 490 g/mol. The minimum absolute atomic E-state index is 0.267. The first kappa shape index (κ1) is 24.9. The molecule has 35 heavy (non-hydrogen) atoms. The third kappa shape index (κ3) is 7.40. The van der Waals surface area contributed by atoms with Crippen molar-refractivity contribution in [2.75, 3.05) is 50.7 Å². The van der Waals surface area contributed by atoms with Crippen LogP contribution in [0.4, 0.5) is 19.1 Å². The van der Waals surface area contributed by atoms with Crippen LogP contribution in [0.1, 0.15) is 19.1 Å². The smallest absolute Gasteiger partial charge is 0.406 e. The van der Waals surface area contributed by atoms with Gasteiger partial charge in [-0.3, -0.25) is 9.80 Å². The maximum Gasteiger partial charge on any atom is 0.573 e. The van der Waals surface area contributed by atoms with Gasteiger partial charge >= 0.3 is 6.36 Å². The van der Waals surface area contributed by atoms with Crippen LogP contribution in [0.3, 0.4) is 0 Å². The first-order valence-corrected chi connectivity index (χ1v) is 11.7. The topological polar surface area (TPSA) is 70.8 Å². The van der Waals surface area contributed by atoms with E-state index in [2.05, 4.69) is 41.5 Å². The summed E-state index contributed by atoms with van der Waals surface area (Å²) in [7, 11) is 0. The van der Waals surface area contributed by atoms with Crippen LogP contribution in [-0.2, 0) is 6.54 Å². The van der Waals surface area contributed by atoms with Crippen LogP contribution in [0.15, 0.2) is 53.3 Å². The van der Waals surface area contributed by atoms with Gasteiger partial charge < -0.3 is 14.2 Å². The van der Waals surface area contributed by atoms with E-state index >= 15 is 0 Å². The number of halogens is 3. The van der Waals surface area contributed by atoms with Crippen molar-refractivity contribution in [1.29, 1.82) is 0 Å². The zero-order valence-electron chi connectivity index (χ0n) is 19.6. The predicted molar refractivity (Wildman–Crippen MR) is 125 cm³/mol. The molecule has 188 valence electrons. The quantitative estimate of drug-likeness (QED) is 0.421. The van der Waals surface area contributed by atoms with Crippen LogP contribution in [0, 0.1) is 0 Å². The molecule has 11 heteroatoms. The van der Waals surface area contributed by atoms with Gasteiger partial charge in [-0.1, -0.05) is 12.1 Å². The normalized spacial score (nSPS) is 15.1. The molecule has 1 aliphatic rings. The first-order chi connectivity index (χ1) is 16.9. The molecule has 1 saturated heterocycles. The number of piperazine rings is 1. The lowest BCUT2D eigenvalue weighted by atomic mass is 10.1. The van der Waals surface area contributed by atoms with Crippen molar-refractivity contribution in [1.82, 2.24) is 24.9 Å². The van der Waals surface area contributed by atoms with Crippen molar-refractivity contribution in [3.8, 4) is 17.0 Å². The van der Waals surface area contributed by atoms with E-state index in [1.165, 1.54) is 24.3 Å². The molecule has 1 aliphatic heterocycles. The van der Waals surface area contributed by atoms with E-state index in [0.717, 1.165) is 58.2 Å². The van der Waals surface area contributed by atoms with Gasteiger partial charge in [-0.25, -0.2) is 9.97 Å². The standard InChI is InChI=1S/C24H29F3N6O2/c1-2-31(11-4-12-32-13-15-33(16-14-32)23-28-9-3-10-29-23)18-21-17-22(30-35-21)19-5-7-20(8-6-19)34-24(25,26)27/h3,5-10,17H,2,4,11-16,18H2,1H3. The summed E-state index contributed by atoms with van der Waals surface area (Å²) in [5.41, 5.74) is 1.24. The number of rotatable bonds is 10. The molecule has 0 amide bonds. The van der Waals surface area contributed by atoms with Crippen LogP contribution in [-0.4, -0.2) is 77.1 Å². The maximum atomic E-state index is 12.3. The highest BCUT2D eigenvalue weighted by Crippen LogP contribution is 2.26. The SMILES string of the molecule is CCN(CCCN1CCN(c2ncccn2)CC1)Cc1cc(-c2ccc(OC(F)(F)F)cc2)no1. The van der Waals surface area contributed by atoms with Crippen molar-refractivity contribution in [2.24, 2.45) is 0 Å². The van der Waals surface area contributed by atoms with Crippen LogP contribution >= 0.6 is 0 Å². The van der Waals surface area contributed by atoms with Crippen molar-refractivity contribution in [2.45, 2.75) is 26.3 Å². The Kier molecular flexibility index (Phi) is 8.19. The number of hydrogen-bond donors (Lipinski definition) is 0. The summed E-state index contributed by atoms with van der Waals surface area (Å²) < 4.78 is 46.4. The molecule has 3 aromatic rings. The van der Waals surface area contributed by atoms with E-state index in [9.17, 15) is 13.2 Å². The Balaban J connectivity index is 1.21. The van der Waals surface area contributed by atoms with Crippen LogP contribution in [0.5, 0.6) is 5.75 Å². The summed E-state index contributed by atoms with van der Waals surface area (Å²) >= 11 is 0. The summed E-state index contributed by atoms with van der Waals surface area (Å²) in [5, 5.41) is 4.08. The average molecular weight is 491 g/mol. The van der Waals surface area contributed by atoms with E-state index in [0.29, 0.717) is 23.6 Å². The first-order valence-electron chi connectivity index (χ1n) is 11.7. The Morgan fingerprint density at radius 3 is 2.43 bits per heavy atom.